The summed E-state index contributed by atoms with van der Waals surface area (Å²) in [4.78, 5) is 36.0. The van der Waals surface area contributed by atoms with Gasteiger partial charge in [-0.25, -0.2) is 4.79 Å². The lowest BCUT2D eigenvalue weighted by Crippen LogP contribution is -2.42. The number of amides is 3. The SMILES string of the molecule is CCN(Cc1cccs1)C(=O)NC(=O)CCC(=O)O. The number of thiophene rings is 1. The largest absolute Gasteiger partial charge is 0.481 e. The highest BCUT2D eigenvalue weighted by molar-refractivity contribution is 7.09. The molecule has 0 aliphatic carbocycles. The third-order valence-electron chi connectivity index (χ3n) is 2.41. The van der Waals surface area contributed by atoms with Crippen LogP contribution in [0.4, 0.5) is 4.79 Å². The summed E-state index contributed by atoms with van der Waals surface area (Å²) in [6, 6.07) is 3.31. The third-order valence-corrected chi connectivity index (χ3v) is 3.27. The van der Waals surface area contributed by atoms with Crippen LogP contribution in [0.3, 0.4) is 0 Å². The maximum atomic E-state index is 11.8. The lowest BCUT2D eigenvalue weighted by atomic mass is 10.3. The first kappa shape index (κ1) is 15.2. The first-order valence-corrected chi connectivity index (χ1v) is 6.73. The van der Waals surface area contributed by atoms with E-state index < -0.39 is 17.9 Å². The molecule has 0 atom stereocenters. The number of hydrogen-bond acceptors (Lipinski definition) is 4. The van der Waals surface area contributed by atoms with Crippen LogP contribution in [0, 0.1) is 0 Å². The van der Waals surface area contributed by atoms with Crippen molar-refractivity contribution < 1.29 is 19.5 Å². The van der Waals surface area contributed by atoms with Crippen LogP contribution in [-0.2, 0) is 16.1 Å². The molecule has 0 spiro atoms. The topological polar surface area (TPSA) is 86.7 Å². The molecule has 3 amide bonds. The minimum absolute atomic E-state index is 0.197. The minimum atomic E-state index is -1.06. The Morgan fingerprint density at radius 1 is 1.37 bits per heavy atom. The van der Waals surface area contributed by atoms with Gasteiger partial charge in [-0.05, 0) is 18.4 Å². The zero-order chi connectivity index (χ0) is 14.3. The molecule has 0 aliphatic heterocycles. The van der Waals surface area contributed by atoms with E-state index in [-0.39, 0.29) is 12.8 Å². The average molecular weight is 284 g/mol. The van der Waals surface area contributed by atoms with Gasteiger partial charge >= 0.3 is 12.0 Å². The number of carboxylic acid groups (broad SMARTS) is 1. The van der Waals surface area contributed by atoms with Crippen LogP contribution in [-0.4, -0.2) is 34.5 Å². The summed E-state index contributed by atoms with van der Waals surface area (Å²) in [7, 11) is 0. The molecule has 1 aromatic rings. The van der Waals surface area contributed by atoms with E-state index in [4.69, 9.17) is 5.11 Å². The van der Waals surface area contributed by atoms with Gasteiger partial charge < -0.3 is 10.0 Å². The van der Waals surface area contributed by atoms with E-state index in [0.717, 1.165) is 4.88 Å². The van der Waals surface area contributed by atoms with E-state index >= 15 is 0 Å². The van der Waals surface area contributed by atoms with Gasteiger partial charge in [-0.1, -0.05) is 6.07 Å². The molecule has 0 aliphatic rings. The van der Waals surface area contributed by atoms with Crippen molar-refractivity contribution in [3.05, 3.63) is 22.4 Å². The molecule has 1 aromatic heterocycles. The van der Waals surface area contributed by atoms with E-state index in [1.807, 2.05) is 24.4 Å². The normalized spacial score (nSPS) is 9.95. The van der Waals surface area contributed by atoms with Gasteiger partial charge in [0.05, 0.1) is 13.0 Å². The summed E-state index contributed by atoms with van der Waals surface area (Å²) in [5, 5.41) is 12.6. The van der Waals surface area contributed by atoms with Gasteiger partial charge in [0.25, 0.3) is 0 Å². The molecular formula is C12H16N2O4S. The van der Waals surface area contributed by atoms with Crippen LogP contribution in [0.25, 0.3) is 0 Å². The number of aliphatic carboxylic acids is 1. The number of hydrogen-bond donors (Lipinski definition) is 2. The predicted molar refractivity (Wildman–Crippen MR) is 70.8 cm³/mol. The van der Waals surface area contributed by atoms with Crippen LogP contribution in [0.15, 0.2) is 17.5 Å². The van der Waals surface area contributed by atoms with E-state index in [1.165, 1.54) is 16.2 Å². The van der Waals surface area contributed by atoms with Gasteiger partial charge in [-0.3, -0.25) is 14.9 Å². The fraction of sp³-hybridized carbons (Fsp3) is 0.417. The molecule has 0 saturated carbocycles. The molecule has 19 heavy (non-hydrogen) atoms. The molecule has 0 bridgehead atoms. The third kappa shape index (κ3) is 5.52. The standard InChI is InChI=1S/C12H16N2O4S/c1-2-14(8-9-4-3-7-19-9)12(18)13-10(15)5-6-11(16)17/h3-4,7H,2,5-6,8H2,1H3,(H,16,17)(H,13,15,18). The number of carbonyl (C=O) groups is 3. The van der Waals surface area contributed by atoms with Crippen LogP contribution >= 0.6 is 11.3 Å². The Bertz CT molecular complexity index is 445. The van der Waals surface area contributed by atoms with Crippen molar-refractivity contribution in [1.82, 2.24) is 10.2 Å². The second kappa shape index (κ2) is 7.52. The molecule has 0 saturated heterocycles. The molecule has 104 valence electrons. The molecule has 1 rings (SSSR count). The van der Waals surface area contributed by atoms with Crippen molar-refractivity contribution in [2.75, 3.05) is 6.54 Å². The summed E-state index contributed by atoms with van der Waals surface area (Å²) in [6.07, 6.45) is -0.478. The van der Waals surface area contributed by atoms with E-state index in [9.17, 15) is 14.4 Å². The Morgan fingerprint density at radius 2 is 2.11 bits per heavy atom. The van der Waals surface area contributed by atoms with Crippen molar-refractivity contribution in [3.63, 3.8) is 0 Å². The molecule has 0 aromatic carbocycles. The number of imide groups is 1. The number of nitrogens with one attached hydrogen (secondary N) is 1. The zero-order valence-electron chi connectivity index (χ0n) is 10.6. The smallest absolute Gasteiger partial charge is 0.324 e. The monoisotopic (exact) mass is 284 g/mol. The van der Waals surface area contributed by atoms with Gasteiger partial charge in [-0.15, -0.1) is 11.3 Å². The Balaban J connectivity index is 2.45. The number of carboxylic acids is 1. The summed E-state index contributed by atoms with van der Waals surface area (Å²) in [6.45, 7) is 2.72. The second-order valence-corrected chi connectivity index (χ2v) is 4.87. The fourth-order valence-electron chi connectivity index (χ4n) is 1.40. The Labute approximate surface area is 115 Å². The first-order valence-electron chi connectivity index (χ1n) is 5.85. The van der Waals surface area contributed by atoms with E-state index in [2.05, 4.69) is 5.32 Å². The number of urea groups is 1. The van der Waals surface area contributed by atoms with Gasteiger partial charge in [0.15, 0.2) is 0 Å². The Morgan fingerprint density at radius 3 is 2.63 bits per heavy atom. The van der Waals surface area contributed by atoms with Crippen LogP contribution in [0.2, 0.25) is 0 Å². The summed E-state index contributed by atoms with van der Waals surface area (Å²) < 4.78 is 0. The van der Waals surface area contributed by atoms with E-state index in [1.54, 1.807) is 0 Å². The quantitative estimate of drug-likeness (QED) is 0.832. The number of nitrogens with zero attached hydrogens (tertiary/aromatic N) is 1. The Hall–Kier alpha value is -1.89. The maximum absolute atomic E-state index is 11.8. The molecule has 6 nitrogen and oxygen atoms in total. The fourth-order valence-corrected chi connectivity index (χ4v) is 2.12. The molecule has 0 radical (unpaired) electrons. The number of rotatable bonds is 6. The molecule has 7 heteroatoms. The lowest BCUT2D eigenvalue weighted by molar-refractivity contribution is -0.138. The molecule has 1 heterocycles. The van der Waals surface area contributed by atoms with Crippen molar-refractivity contribution >= 4 is 29.2 Å². The summed E-state index contributed by atoms with van der Waals surface area (Å²) >= 11 is 1.53. The van der Waals surface area contributed by atoms with Crippen LogP contribution < -0.4 is 5.32 Å². The first-order chi connectivity index (χ1) is 9.02. The van der Waals surface area contributed by atoms with E-state index in [0.29, 0.717) is 13.1 Å². The summed E-state index contributed by atoms with van der Waals surface area (Å²) in [5.41, 5.74) is 0. The highest BCUT2D eigenvalue weighted by Gasteiger charge is 2.16. The molecular weight excluding hydrogens is 268 g/mol. The predicted octanol–water partition coefficient (Wildman–Crippen LogP) is 1.67. The average Bonchev–Trinajstić information content (AvgIpc) is 2.86. The number of carbonyl (C=O) groups excluding carboxylic acids is 2. The van der Waals surface area contributed by atoms with Crippen LogP contribution in [0.1, 0.15) is 24.6 Å². The highest BCUT2D eigenvalue weighted by atomic mass is 32.1. The maximum Gasteiger partial charge on any atom is 0.324 e. The van der Waals surface area contributed by atoms with Crippen molar-refractivity contribution in [3.8, 4) is 0 Å². The van der Waals surface area contributed by atoms with Crippen LogP contribution in [0.5, 0.6) is 0 Å². The van der Waals surface area contributed by atoms with Crippen molar-refractivity contribution in [1.29, 1.82) is 0 Å². The van der Waals surface area contributed by atoms with Gasteiger partial charge in [0.1, 0.15) is 0 Å². The molecule has 0 unspecified atom stereocenters. The van der Waals surface area contributed by atoms with Crippen molar-refractivity contribution in [2.24, 2.45) is 0 Å². The molecule has 0 fully saturated rings. The molecule has 2 N–H and O–H groups in total. The van der Waals surface area contributed by atoms with Crippen molar-refractivity contribution in [2.45, 2.75) is 26.3 Å². The van der Waals surface area contributed by atoms with Gasteiger partial charge in [0.2, 0.25) is 5.91 Å². The Kier molecular flexibility index (Phi) is 6.01. The van der Waals surface area contributed by atoms with Gasteiger partial charge in [-0.2, -0.15) is 0 Å². The highest BCUT2D eigenvalue weighted by Crippen LogP contribution is 2.11. The summed E-state index contributed by atoms with van der Waals surface area (Å²) in [5.74, 6) is -1.63. The second-order valence-electron chi connectivity index (χ2n) is 3.84. The van der Waals surface area contributed by atoms with Gasteiger partial charge in [0, 0.05) is 17.8 Å². The zero-order valence-corrected chi connectivity index (χ0v) is 11.4. The lowest BCUT2D eigenvalue weighted by Gasteiger charge is -2.20. The minimum Gasteiger partial charge on any atom is -0.481 e.